The predicted molar refractivity (Wildman–Crippen MR) is 68.1 cm³/mol. The van der Waals surface area contributed by atoms with Crippen LogP contribution < -0.4 is 10.6 Å². The van der Waals surface area contributed by atoms with E-state index in [1.165, 1.54) is 0 Å². The standard InChI is InChI=1S/C12H25N3O2/c1-13-10-4-6-11(7-5-10)17-12(16)14-8-9-15(2)3/h10-11,13H,4-9H2,1-3H3,(H,14,16). The van der Waals surface area contributed by atoms with Gasteiger partial charge in [0.1, 0.15) is 6.10 Å². The molecule has 0 aromatic heterocycles. The fraction of sp³-hybridized carbons (Fsp3) is 0.917. The van der Waals surface area contributed by atoms with E-state index >= 15 is 0 Å². The molecule has 0 spiro atoms. The van der Waals surface area contributed by atoms with E-state index in [1.807, 2.05) is 26.0 Å². The first kappa shape index (κ1) is 14.3. The minimum absolute atomic E-state index is 0.0963. The van der Waals surface area contributed by atoms with Crippen molar-refractivity contribution in [3.05, 3.63) is 0 Å². The number of nitrogens with one attached hydrogen (secondary N) is 2. The third-order valence-electron chi connectivity index (χ3n) is 3.18. The van der Waals surface area contributed by atoms with Gasteiger partial charge in [0.25, 0.3) is 0 Å². The molecule has 0 aromatic rings. The molecule has 0 aromatic carbocycles. The summed E-state index contributed by atoms with van der Waals surface area (Å²) in [5, 5.41) is 6.03. The molecule has 0 bridgehead atoms. The van der Waals surface area contributed by atoms with Crippen molar-refractivity contribution in [2.45, 2.75) is 37.8 Å². The van der Waals surface area contributed by atoms with Crippen LogP contribution in [0.15, 0.2) is 0 Å². The summed E-state index contributed by atoms with van der Waals surface area (Å²) in [6, 6.07) is 0.589. The quantitative estimate of drug-likeness (QED) is 0.750. The Morgan fingerprint density at radius 3 is 2.47 bits per heavy atom. The van der Waals surface area contributed by atoms with Crippen LogP contribution in [0.5, 0.6) is 0 Å². The summed E-state index contributed by atoms with van der Waals surface area (Å²) < 4.78 is 5.37. The first-order valence-electron chi connectivity index (χ1n) is 6.38. The second-order valence-corrected chi connectivity index (χ2v) is 4.90. The molecule has 1 rings (SSSR count). The molecule has 0 heterocycles. The van der Waals surface area contributed by atoms with E-state index in [0.717, 1.165) is 32.2 Å². The van der Waals surface area contributed by atoms with Gasteiger partial charge in [0, 0.05) is 19.1 Å². The summed E-state index contributed by atoms with van der Waals surface area (Å²) in [5.41, 5.74) is 0. The minimum Gasteiger partial charge on any atom is -0.446 e. The first-order valence-corrected chi connectivity index (χ1v) is 6.38. The Kier molecular flexibility index (Phi) is 6.29. The molecule has 5 nitrogen and oxygen atoms in total. The number of hydrogen-bond acceptors (Lipinski definition) is 4. The Labute approximate surface area is 104 Å². The van der Waals surface area contributed by atoms with Gasteiger partial charge in [-0.15, -0.1) is 0 Å². The van der Waals surface area contributed by atoms with Crippen LogP contribution in [0.4, 0.5) is 4.79 Å². The first-order chi connectivity index (χ1) is 8.11. The highest BCUT2D eigenvalue weighted by atomic mass is 16.6. The van der Waals surface area contributed by atoms with Crippen molar-refractivity contribution in [3.8, 4) is 0 Å². The van der Waals surface area contributed by atoms with Crippen LogP contribution in [-0.4, -0.2) is 57.4 Å². The Morgan fingerprint density at radius 2 is 1.94 bits per heavy atom. The minimum atomic E-state index is -0.278. The summed E-state index contributed by atoms with van der Waals surface area (Å²) in [4.78, 5) is 13.5. The number of amides is 1. The van der Waals surface area contributed by atoms with Crippen LogP contribution in [0.25, 0.3) is 0 Å². The maximum Gasteiger partial charge on any atom is 0.407 e. The van der Waals surface area contributed by atoms with E-state index in [2.05, 4.69) is 10.6 Å². The van der Waals surface area contributed by atoms with Gasteiger partial charge in [0.2, 0.25) is 0 Å². The maximum atomic E-state index is 11.5. The van der Waals surface area contributed by atoms with Gasteiger partial charge in [-0.25, -0.2) is 4.79 Å². The number of carbonyl (C=O) groups is 1. The van der Waals surface area contributed by atoms with E-state index in [4.69, 9.17) is 4.74 Å². The smallest absolute Gasteiger partial charge is 0.407 e. The number of rotatable bonds is 5. The average Bonchev–Trinajstić information content (AvgIpc) is 2.29. The summed E-state index contributed by atoms with van der Waals surface area (Å²) in [7, 11) is 5.94. The SMILES string of the molecule is CNC1CCC(OC(=O)NCCN(C)C)CC1. The van der Waals surface area contributed by atoms with E-state index in [-0.39, 0.29) is 12.2 Å². The highest BCUT2D eigenvalue weighted by Gasteiger charge is 2.22. The molecular formula is C12H25N3O2. The maximum absolute atomic E-state index is 11.5. The monoisotopic (exact) mass is 243 g/mol. The number of ether oxygens (including phenoxy) is 1. The van der Waals surface area contributed by atoms with Gasteiger partial charge in [0.05, 0.1) is 0 Å². The summed E-state index contributed by atoms with van der Waals surface area (Å²) in [6.45, 7) is 1.47. The zero-order valence-corrected chi connectivity index (χ0v) is 11.2. The van der Waals surface area contributed by atoms with Gasteiger partial charge in [-0.05, 0) is 46.8 Å². The number of likely N-dealkylation sites (N-methyl/N-ethyl adjacent to an activating group) is 1. The van der Waals surface area contributed by atoms with Crippen LogP contribution >= 0.6 is 0 Å². The molecule has 0 aliphatic heterocycles. The van der Waals surface area contributed by atoms with Crippen molar-refractivity contribution in [1.82, 2.24) is 15.5 Å². The van der Waals surface area contributed by atoms with Crippen molar-refractivity contribution in [3.63, 3.8) is 0 Å². The molecule has 1 saturated carbocycles. The third-order valence-corrected chi connectivity index (χ3v) is 3.18. The summed E-state index contributed by atoms with van der Waals surface area (Å²) >= 11 is 0. The van der Waals surface area contributed by atoms with Crippen molar-refractivity contribution in [1.29, 1.82) is 0 Å². The number of nitrogens with zero attached hydrogens (tertiary/aromatic N) is 1. The zero-order chi connectivity index (χ0) is 12.7. The lowest BCUT2D eigenvalue weighted by molar-refractivity contribution is 0.0693. The molecule has 0 unspecified atom stereocenters. The average molecular weight is 243 g/mol. The van der Waals surface area contributed by atoms with E-state index in [1.54, 1.807) is 0 Å². The highest BCUT2D eigenvalue weighted by molar-refractivity contribution is 5.67. The summed E-state index contributed by atoms with van der Waals surface area (Å²) in [6.07, 6.45) is 3.93. The Morgan fingerprint density at radius 1 is 1.29 bits per heavy atom. The van der Waals surface area contributed by atoms with Gasteiger partial charge in [-0.2, -0.15) is 0 Å². The Hall–Kier alpha value is -0.810. The second kappa shape index (κ2) is 7.50. The lowest BCUT2D eigenvalue weighted by Gasteiger charge is -2.28. The van der Waals surface area contributed by atoms with E-state index < -0.39 is 0 Å². The van der Waals surface area contributed by atoms with Gasteiger partial charge in [-0.1, -0.05) is 0 Å². The van der Waals surface area contributed by atoms with Gasteiger partial charge >= 0.3 is 6.09 Å². The lowest BCUT2D eigenvalue weighted by atomic mass is 9.93. The molecule has 1 aliphatic rings. The number of hydrogen-bond donors (Lipinski definition) is 2. The van der Waals surface area contributed by atoms with Crippen LogP contribution in [0.2, 0.25) is 0 Å². The van der Waals surface area contributed by atoms with Crippen LogP contribution in [0.1, 0.15) is 25.7 Å². The third kappa shape index (κ3) is 5.89. The molecule has 1 aliphatic carbocycles. The highest BCUT2D eigenvalue weighted by Crippen LogP contribution is 2.20. The topological polar surface area (TPSA) is 53.6 Å². The molecule has 2 N–H and O–H groups in total. The lowest BCUT2D eigenvalue weighted by Crippen LogP contribution is -2.37. The molecule has 17 heavy (non-hydrogen) atoms. The number of alkyl carbamates (subject to hydrolysis) is 1. The number of carbonyl (C=O) groups excluding carboxylic acids is 1. The zero-order valence-electron chi connectivity index (χ0n) is 11.2. The van der Waals surface area contributed by atoms with Crippen molar-refractivity contribution in [2.75, 3.05) is 34.2 Å². The molecule has 5 heteroatoms. The van der Waals surface area contributed by atoms with Crippen molar-refractivity contribution in [2.24, 2.45) is 0 Å². The summed E-state index contributed by atoms with van der Waals surface area (Å²) in [5.74, 6) is 0. The van der Waals surface area contributed by atoms with E-state index in [9.17, 15) is 4.79 Å². The fourth-order valence-electron chi connectivity index (χ4n) is 2.04. The van der Waals surface area contributed by atoms with Gasteiger partial charge < -0.3 is 20.3 Å². The van der Waals surface area contributed by atoms with Crippen LogP contribution in [-0.2, 0) is 4.74 Å². The van der Waals surface area contributed by atoms with Crippen molar-refractivity contribution < 1.29 is 9.53 Å². The molecular weight excluding hydrogens is 218 g/mol. The van der Waals surface area contributed by atoms with Gasteiger partial charge in [-0.3, -0.25) is 0 Å². The van der Waals surface area contributed by atoms with Gasteiger partial charge in [0.15, 0.2) is 0 Å². The molecule has 1 amide bonds. The predicted octanol–water partition coefficient (Wildman–Crippen LogP) is 0.805. The van der Waals surface area contributed by atoms with E-state index in [0.29, 0.717) is 12.6 Å². The fourth-order valence-corrected chi connectivity index (χ4v) is 2.04. The van der Waals surface area contributed by atoms with Crippen molar-refractivity contribution >= 4 is 6.09 Å². The second-order valence-electron chi connectivity index (χ2n) is 4.90. The van der Waals surface area contributed by atoms with Crippen LogP contribution in [0.3, 0.4) is 0 Å². The Balaban J connectivity index is 2.10. The molecule has 0 saturated heterocycles. The largest absolute Gasteiger partial charge is 0.446 e. The Bertz CT molecular complexity index is 226. The van der Waals surface area contributed by atoms with Crippen LogP contribution in [0, 0.1) is 0 Å². The molecule has 100 valence electrons. The normalized spacial score (nSPS) is 24.7. The molecule has 0 atom stereocenters. The molecule has 0 radical (unpaired) electrons. The molecule has 1 fully saturated rings.